The standard InChI is InChI=1S/C28H21NO4/c30-26-24-19-9-10-20(15-19)25(24)27(31)29(26)22-8-4-7-21(16-22)28(32)33-23-13-11-18(12-14-23)17-5-2-1-3-6-17/h1-14,16,19-20,24-25H,15H2/t19-,20-,24-,25+/m0/s1. The second-order valence-electron chi connectivity index (χ2n) is 8.84. The minimum Gasteiger partial charge on any atom is -0.423 e. The first-order valence-electron chi connectivity index (χ1n) is 11.1. The highest BCUT2D eigenvalue weighted by Gasteiger charge is 2.59. The Morgan fingerprint density at radius 2 is 1.39 bits per heavy atom. The van der Waals surface area contributed by atoms with Gasteiger partial charge < -0.3 is 4.74 Å². The Morgan fingerprint density at radius 3 is 2.06 bits per heavy atom. The fraction of sp³-hybridized carbons (Fsp3) is 0.179. The van der Waals surface area contributed by atoms with Gasteiger partial charge in [0.1, 0.15) is 5.75 Å². The van der Waals surface area contributed by atoms with E-state index in [-0.39, 0.29) is 35.5 Å². The molecule has 1 saturated heterocycles. The van der Waals surface area contributed by atoms with Gasteiger partial charge in [-0.2, -0.15) is 0 Å². The van der Waals surface area contributed by atoms with Gasteiger partial charge in [-0.3, -0.25) is 9.59 Å². The van der Waals surface area contributed by atoms with Crippen molar-refractivity contribution in [2.75, 3.05) is 4.90 Å². The molecule has 1 saturated carbocycles. The van der Waals surface area contributed by atoms with Crippen molar-refractivity contribution >= 4 is 23.5 Å². The third-order valence-corrected chi connectivity index (χ3v) is 6.98. The topological polar surface area (TPSA) is 63.7 Å². The predicted octanol–water partition coefficient (Wildman–Crippen LogP) is 4.88. The van der Waals surface area contributed by atoms with Crippen LogP contribution in [-0.2, 0) is 9.59 Å². The maximum Gasteiger partial charge on any atom is 0.343 e. The lowest BCUT2D eigenvalue weighted by Crippen LogP contribution is -2.33. The van der Waals surface area contributed by atoms with Gasteiger partial charge in [-0.1, -0.05) is 60.7 Å². The largest absolute Gasteiger partial charge is 0.423 e. The van der Waals surface area contributed by atoms with Crippen LogP contribution >= 0.6 is 0 Å². The number of amides is 2. The van der Waals surface area contributed by atoms with Gasteiger partial charge in [0.15, 0.2) is 0 Å². The van der Waals surface area contributed by atoms with Crippen LogP contribution in [0.1, 0.15) is 16.8 Å². The summed E-state index contributed by atoms with van der Waals surface area (Å²) >= 11 is 0. The molecule has 1 heterocycles. The van der Waals surface area contributed by atoms with Crippen LogP contribution < -0.4 is 9.64 Å². The molecule has 0 aromatic heterocycles. The highest BCUT2D eigenvalue weighted by molar-refractivity contribution is 6.23. The van der Waals surface area contributed by atoms with Crippen LogP contribution in [0.5, 0.6) is 5.75 Å². The molecule has 0 N–H and O–H groups in total. The molecular formula is C28H21NO4. The van der Waals surface area contributed by atoms with E-state index < -0.39 is 5.97 Å². The number of benzene rings is 3. The number of anilines is 1. The highest BCUT2D eigenvalue weighted by Crippen LogP contribution is 2.53. The van der Waals surface area contributed by atoms with Crippen LogP contribution in [-0.4, -0.2) is 17.8 Å². The van der Waals surface area contributed by atoms with Gasteiger partial charge in [0.25, 0.3) is 0 Å². The molecule has 0 radical (unpaired) electrons. The predicted molar refractivity (Wildman–Crippen MR) is 123 cm³/mol. The van der Waals surface area contributed by atoms with E-state index in [1.165, 1.54) is 4.90 Å². The molecule has 2 amide bonds. The molecule has 6 rings (SSSR count). The lowest BCUT2D eigenvalue weighted by molar-refractivity contribution is -0.123. The molecule has 2 aliphatic carbocycles. The third kappa shape index (κ3) is 3.20. The Kier molecular flexibility index (Phi) is 4.50. The Labute approximate surface area is 191 Å². The van der Waals surface area contributed by atoms with Gasteiger partial charge in [-0.15, -0.1) is 0 Å². The average Bonchev–Trinajstić information content (AvgIpc) is 3.54. The summed E-state index contributed by atoms with van der Waals surface area (Å²) in [6.45, 7) is 0. The summed E-state index contributed by atoms with van der Waals surface area (Å²) < 4.78 is 5.54. The maximum absolute atomic E-state index is 13.1. The fourth-order valence-corrected chi connectivity index (χ4v) is 5.44. The van der Waals surface area contributed by atoms with Crippen molar-refractivity contribution in [1.82, 2.24) is 0 Å². The Balaban J connectivity index is 1.20. The normalized spacial score (nSPS) is 24.9. The highest BCUT2D eigenvalue weighted by atomic mass is 16.5. The Morgan fingerprint density at radius 1 is 0.758 bits per heavy atom. The monoisotopic (exact) mass is 435 g/mol. The molecule has 2 fully saturated rings. The van der Waals surface area contributed by atoms with E-state index in [4.69, 9.17) is 4.74 Å². The summed E-state index contributed by atoms with van der Waals surface area (Å²) in [7, 11) is 0. The summed E-state index contributed by atoms with van der Waals surface area (Å²) in [6, 6.07) is 23.8. The van der Waals surface area contributed by atoms with Crippen LogP contribution in [0.4, 0.5) is 5.69 Å². The molecule has 5 heteroatoms. The summed E-state index contributed by atoms with van der Waals surface area (Å²) in [5, 5.41) is 0. The van der Waals surface area contributed by atoms with E-state index in [9.17, 15) is 14.4 Å². The summed E-state index contributed by atoms with van der Waals surface area (Å²) in [5.74, 6) is -0.687. The molecule has 5 nitrogen and oxygen atoms in total. The lowest BCUT2D eigenvalue weighted by Gasteiger charge is -2.18. The number of carbonyl (C=O) groups is 3. The maximum atomic E-state index is 13.1. The minimum atomic E-state index is -0.537. The van der Waals surface area contributed by atoms with Crippen molar-refractivity contribution < 1.29 is 19.1 Å². The van der Waals surface area contributed by atoms with E-state index in [0.29, 0.717) is 17.0 Å². The first-order valence-corrected chi connectivity index (χ1v) is 11.1. The van der Waals surface area contributed by atoms with Crippen molar-refractivity contribution in [3.8, 4) is 16.9 Å². The van der Waals surface area contributed by atoms with Crippen molar-refractivity contribution in [1.29, 1.82) is 0 Å². The van der Waals surface area contributed by atoms with Gasteiger partial charge in [-0.05, 0) is 59.7 Å². The van der Waals surface area contributed by atoms with E-state index in [0.717, 1.165) is 17.5 Å². The first-order chi connectivity index (χ1) is 16.1. The lowest BCUT2D eigenvalue weighted by atomic mass is 9.85. The molecule has 3 aromatic rings. The molecule has 162 valence electrons. The molecule has 0 unspecified atom stereocenters. The second kappa shape index (κ2) is 7.55. The molecule has 0 spiro atoms. The van der Waals surface area contributed by atoms with Crippen LogP contribution in [0.25, 0.3) is 11.1 Å². The number of fused-ring (bicyclic) bond motifs is 5. The number of carbonyl (C=O) groups excluding carboxylic acids is 3. The number of ether oxygens (including phenoxy) is 1. The molecule has 3 aliphatic rings. The SMILES string of the molecule is O=C(Oc1ccc(-c2ccccc2)cc1)c1cccc(N2C(=O)[C@@H]3[C@H](C2=O)[C@H]2C=C[C@H]3C2)c1. The smallest absolute Gasteiger partial charge is 0.343 e. The van der Waals surface area contributed by atoms with E-state index >= 15 is 0 Å². The molecule has 3 aromatic carbocycles. The number of hydrogen-bond acceptors (Lipinski definition) is 4. The van der Waals surface area contributed by atoms with Gasteiger partial charge in [-0.25, -0.2) is 9.69 Å². The number of imide groups is 1. The summed E-state index contributed by atoms with van der Waals surface area (Å²) in [5.41, 5.74) is 2.82. The van der Waals surface area contributed by atoms with Crippen LogP contribution in [0, 0.1) is 23.7 Å². The number of allylic oxidation sites excluding steroid dienone is 2. The van der Waals surface area contributed by atoms with Crippen LogP contribution in [0.15, 0.2) is 91.0 Å². The van der Waals surface area contributed by atoms with Crippen LogP contribution in [0.3, 0.4) is 0 Å². The van der Waals surface area contributed by atoms with Crippen molar-refractivity contribution in [3.05, 3.63) is 96.6 Å². The molecule has 33 heavy (non-hydrogen) atoms. The molecular weight excluding hydrogens is 414 g/mol. The molecule has 2 bridgehead atoms. The number of rotatable bonds is 4. The first kappa shape index (κ1) is 19.7. The fourth-order valence-electron chi connectivity index (χ4n) is 5.44. The van der Waals surface area contributed by atoms with Gasteiger partial charge in [0, 0.05) is 0 Å². The summed E-state index contributed by atoms with van der Waals surface area (Å²) in [4.78, 5) is 40.2. The average molecular weight is 435 g/mol. The number of esters is 1. The zero-order chi connectivity index (χ0) is 22.5. The Hall–Kier alpha value is -3.99. The zero-order valence-corrected chi connectivity index (χ0v) is 17.8. The van der Waals surface area contributed by atoms with Gasteiger partial charge >= 0.3 is 5.97 Å². The van der Waals surface area contributed by atoms with Crippen molar-refractivity contribution in [3.63, 3.8) is 0 Å². The van der Waals surface area contributed by atoms with Crippen molar-refractivity contribution in [2.24, 2.45) is 23.7 Å². The van der Waals surface area contributed by atoms with Gasteiger partial charge in [0.2, 0.25) is 11.8 Å². The van der Waals surface area contributed by atoms with E-state index in [1.807, 2.05) is 42.5 Å². The minimum absolute atomic E-state index is 0.147. The van der Waals surface area contributed by atoms with Crippen molar-refractivity contribution in [2.45, 2.75) is 6.42 Å². The van der Waals surface area contributed by atoms with Crippen LogP contribution in [0.2, 0.25) is 0 Å². The zero-order valence-electron chi connectivity index (χ0n) is 17.8. The molecule has 1 aliphatic heterocycles. The third-order valence-electron chi connectivity index (χ3n) is 6.98. The summed E-state index contributed by atoms with van der Waals surface area (Å²) in [6.07, 6.45) is 5.02. The number of hydrogen-bond donors (Lipinski definition) is 0. The van der Waals surface area contributed by atoms with E-state index in [1.54, 1.807) is 36.4 Å². The van der Waals surface area contributed by atoms with Gasteiger partial charge in [0.05, 0.1) is 23.1 Å². The number of nitrogens with zero attached hydrogens (tertiary/aromatic N) is 1. The second-order valence-corrected chi connectivity index (χ2v) is 8.84. The van der Waals surface area contributed by atoms with E-state index in [2.05, 4.69) is 12.2 Å². The molecule has 4 atom stereocenters. The quantitative estimate of drug-likeness (QED) is 0.254. The Bertz CT molecular complexity index is 1260.